The van der Waals surface area contributed by atoms with Crippen molar-refractivity contribution >= 4 is 5.97 Å². The third-order valence-corrected chi connectivity index (χ3v) is 1.85. The molecule has 0 amide bonds. The molecule has 0 spiro atoms. The quantitative estimate of drug-likeness (QED) is 0.626. The van der Waals surface area contributed by atoms with Gasteiger partial charge < -0.3 is 14.6 Å². The van der Waals surface area contributed by atoms with Gasteiger partial charge in [0, 0.05) is 0 Å². The Labute approximate surface area is 88.2 Å². The number of phenolic OH excluding ortho intramolecular Hbond substituents is 1. The number of halogens is 3. The van der Waals surface area contributed by atoms with Gasteiger partial charge in [-0.3, -0.25) is 0 Å². The van der Waals surface area contributed by atoms with E-state index in [0.717, 1.165) is 14.2 Å². The first-order valence-electron chi connectivity index (χ1n) is 3.97. The van der Waals surface area contributed by atoms with Crippen LogP contribution in [0.25, 0.3) is 0 Å². The molecular formula is C9H7F3O4. The summed E-state index contributed by atoms with van der Waals surface area (Å²) in [7, 11) is 1.80. The van der Waals surface area contributed by atoms with Crippen molar-refractivity contribution in [1.29, 1.82) is 0 Å². The number of hydrogen-bond donors (Lipinski definition) is 1. The van der Waals surface area contributed by atoms with Crippen LogP contribution in [0.15, 0.2) is 0 Å². The zero-order chi connectivity index (χ0) is 12.5. The third-order valence-electron chi connectivity index (χ3n) is 1.85. The van der Waals surface area contributed by atoms with E-state index in [9.17, 15) is 18.0 Å². The number of phenols is 1. The van der Waals surface area contributed by atoms with Gasteiger partial charge in [-0.05, 0) is 0 Å². The van der Waals surface area contributed by atoms with Crippen LogP contribution in [0, 0.1) is 17.5 Å². The van der Waals surface area contributed by atoms with Crippen LogP contribution in [0.2, 0.25) is 0 Å². The number of aromatic hydroxyl groups is 1. The van der Waals surface area contributed by atoms with Crippen molar-refractivity contribution < 1.29 is 32.5 Å². The Morgan fingerprint density at radius 1 is 1.12 bits per heavy atom. The van der Waals surface area contributed by atoms with E-state index in [1.807, 2.05) is 0 Å². The van der Waals surface area contributed by atoms with Gasteiger partial charge in [0.15, 0.2) is 11.6 Å². The van der Waals surface area contributed by atoms with E-state index in [4.69, 9.17) is 5.11 Å². The average Bonchev–Trinajstić information content (AvgIpc) is 2.27. The second-order valence-electron chi connectivity index (χ2n) is 2.69. The average molecular weight is 236 g/mol. The summed E-state index contributed by atoms with van der Waals surface area (Å²) < 4.78 is 48.0. The maximum absolute atomic E-state index is 13.4. The highest BCUT2D eigenvalue weighted by Crippen LogP contribution is 2.36. The van der Waals surface area contributed by atoms with Crippen molar-refractivity contribution in [2.75, 3.05) is 14.2 Å². The molecule has 1 aromatic carbocycles. The predicted octanol–water partition coefficient (Wildman–Crippen LogP) is 1.60. The number of hydrogen-bond acceptors (Lipinski definition) is 4. The van der Waals surface area contributed by atoms with Gasteiger partial charge in [0.1, 0.15) is 5.56 Å². The molecule has 7 heteroatoms. The first-order valence-corrected chi connectivity index (χ1v) is 3.97. The Bertz CT molecular complexity index is 445. The van der Waals surface area contributed by atoms with Crippen molar-refractivity contribution in [2.45, 2.75) is 0 Å². The molecule has 0 saturated heterocycles. The summed E-state index contributed by atoms with van der Waals surface area (Å²) in [4.78, 5) is 11.0. The zero-order valence-corrected chi connectivity index (χ0v) is 8.31. The van der Waals surface area contributed by atoms with Gasteiger partial charge in [-0.1, -0.05) is 0 Å². The molecule has 0 aliphatic rings. The normalized spacial score (nSPS) is 10.1. The molecule has 0 radical (unpaired) electrons. The van der Waals surface area contributed by atoms with E-state index >= 15 is 0 Å². The first-order chi connectivity index (χ1) is 7.45. The minimum Gasteiger partial charge on any atom is -0.502 e. The van der Waals surface area contributed by atoms with Crippen LogP contribution >= 0.6 is 0 Å². The number of carbonyl (C=O) groups excluding carboxylic acids is 1. The Morgan fingerprint density at radius 2 is 1.69 bits per heavy atom. The number of ether oxygens (including phenoxy) is 2. The molecule has 88 valence electrons. The maximum Gasteiger partial charge on any atom is 0.344 e. The van der Waals surface area contributed by atoms with Gasteiger partial charge >= 0.3 is 5.97 Å². The van der Waals surface area contributed by atoms with E-state index in [1.54, 1.807) is 0 Å². The highest BCUT2D eigenvalue weighted by atomic mass is 19.2. The van der Waals surface area contributed by atoms with Crippen LogP contribution in [-0.4, -0.2) is 25.3 Å². The summed E-state index contributed by atoms with van der Waals surface area (Å²) in [5.41, 5.74) is -1.25. The Hall–Kier alpha value is -1.92. The van der Waals surface area contributed by atoms with Crippen LogP contribution in [0.3, 0.4) is 0 Å². The summed E-state index contributed by atoms with van der Waals surface area (Å²) in [5, 5.41) is 9.01. The smallest absolute Gasteiger partial charge is 0.344 e. The highest BCUT2D eigenvalue weighted by Gasteiger charge is 2.30. The number of benzene rings is 1. The van der Waals surface area contributed by atoms with Gasteiger partial charge in [-0.15, -0.1) is 0 Å². The molecule has 4 nitrogen and oxygen atoms in total. The molecule has 0 atom stereocenters. The standard InChI is InChI=1S/C9H7F3O4/c1-15-8-5(11)3(9(14)16-2)4(10)6(12)7(8)13/h13H,1-2H3. The molecule has 1 aromatic rings. The summed E-state index contributed by atoms with van der Waals surface area (Å²) >= 11 is 0. The molecule has 0 aliphatic heterocycles. The summed E-state index contributed by atoms with van der Waals surface area (Å²) in [6.07, 6.45) is 0. The molecule has 1 rings (SSSR count). The lowest BCUT2D eigenvalue weighted by Crippen LogP contribution is -2.11. The predicted molar refractivity (Wildman–Crippen MR) is 45.9 cm³/mol. The largest absolute Gasteiger partial charge is 0.502 e. The fourth-order valence-electron chi connectivity index (χ4n) is 1.09. The van der Waals surface area contributed by atoms with E-state index < -0.39 is 40.5 Å². The first kappa shape index (κ1) is 12.2. The van der Waals surface area contributed by atoms with Crippen molar-refractivity contribution in [3.8, 4) is 11.5 Å². The molecule has 0 fully saturated rings. The van der Waals surface area contributed by atoms with E-state index in [0.29, 0.717) is 0 Å². The minimum absolute atomic E-state index is 0.873. The van der Waals surface area contributed by atoms with Gasteiger partial charge in [0.05, 0.1) is 14.2 Å². The van der Waals surface area contributed by atoms with Gasteiger partial charge in [0.25, 0.3) is 0 Å². The molecule has 0 aromatic heterocycles. The fraction of sp³-hybridized carbons (Fsp3) is 0.222. The van der Waals surface area contributed by atoms with E-state index in [-0.39, 0.29) is 0 Å². The van der Waals surface area contributed by atoms with Crippen LogP contribution in [0.4, 0.5) is 13.2 Å². The molecular weight excluding hydrogens is 229 g/mol. The molecule has 16 heavy (non-hydrogen) atoms. The van der Waals surface area contributed by atoms with Crippen LogP contribution < -0.4 is 4.74 Å². The van der Waals surface area contributed by atoms with E-state index in [1.165, 1.54) is 0 Å². The van der Waals surface area contributed by atoms with Crippen LogP contribution in [0.1, 0.15) is 10.4 Å². The van der Waals surface area contributed by atoms with Crippen molar-refractivity contribution in [1.82, 2.24) is 0 Å². The SMILES string of the molecule is COC(=O)c1c(F)c(F)c(O)c(OC)c1F. The Balaban J connectivity index is 3.62. The van der Waals surface area contributed by atoms with Gasteiger partial charge in [0.2, 0.25) is 17.3 Å². The lowest BCUT2D eigenvalue weighted by Gasteiger charge is -2.10. The van der Waals surface area contributed by atoms with Gasteiger partial charge in [-0.25, -0.2) is 13.6 Å². The lowest BCUT2D eigenvalue weighted by atomic mass is 10.1. The third kappa shape index (κ3) is 1.64. The number of rotatable bonds is 2. The minimum atomic E-state index is -1.83. The Morgan fingerprint density at radius 3 is 2.12 bits per heavy atom. The summed E-state index contributed by atoms with van der Waals surface area (Å²) in [5.74, 6) is -8.84. The lowest BCUT2D eigenvalue weighted by molar-refractivity contribution is 0.0587. The highest BCUT2D eigenvalue weighted by molar-refractivity contribution is 5.91. The monoisotopic (exact) mass is 236 g/mol. The number of carbonyl (C=O) groups is 1. The Kier molecular flexibility index (Phi) is 3.26. The molecule has 0 heterocycles. The number of methoxy groups -OCH3 is 2. The summed E-state index contributed by atoms with van der Waals surface area (Å²) in [6.45, 7) is 0. The van der Waals surface area contributed by atoms with Crippen molar-refractivity contribution in [3.63, 3.8) is 0 Å². The zero-order valence-electron chi connectivity index (χ0n) is 8.31. The molecule has 0 saturated carbocycles. The topological polar surface area (TPSA) is 55.8 Å². The second-order valence-corrected chi connectivity index (χ2v) is 2.69. The molecule has 0 aliphatic carbocycles. The van der Waals surface area contributed by atoms with Crippen LogP contribution in [-0.2, 0) is 4.74 Å². The molecule has 1 N–H and O–H groups in total. The second kappa shape index (κ2) is 4.30. The van der Waals surface area contributed by atoms with Gasteiger partial charge in [-0.2, -0.15) is 4.39 Å². The molecule has 0 bridgehead atoms. The molecule has 0 unspecified atom stereocenters. The summed E-state index contributed by atoms with van der Waals surface area (Å²) in [6, 6.07) is 0. The maximum atomic E-state index is 13.4. The number of esters is 1. The van der Waals surface area contributed by atoms with Crippen molar-refractivity contribution in [2.24, 2.45) is 0 Å². The van der Waals surface area contributed by atoms with Crippen molar-refractivity contribution in [3.05, 3.63) is 23.0 Å². The van der Waals surface area contributed by atoms with E-state index in [2.05, 4.69) is 9.47 Å². The van der Waals surface area contributed by atoms with Crippen LogP contribution in [0.5, 0.6) is 11.5 Å². The fourth-order valence-corrected chi connectivity index (χ4v) is 1.09.